The average Bonchev–Trinajstić information content (AvgIpc) is 2.64. The molecule has 2 nitrogen and oxygen atoms in total. The normalized spacial score (nSPS) is 32.7. The minimum Gasteiger partial charge on any atom is -0.316 e. The second-order valence-electron chi connectivity index (χ2n) is 4.11. The molecule has 0 amide bonds. The molecule has 0 radical (unpaired) electrons. The third kappa shape index (κ3) is 2.04. The SMILES string of the molecule is CC#CCCN1C[C@H]2CNC[C@H]2C1. The van der Waals surface area contributed by atoms with E-state index in [1.54, 1.807) is 0 Å². The van der Waals surface area contributed by atoms with Crippen molar-refractivity contribution in [3.05, 3.63) is 0 Å². The van der Waals surface area contributed by atoms with Crippen LogP contribution < -0.4 is 5.32 Å². The number of hydrogen-bond acceptors (Lipinski definition) is 2. The summed E-state index contributed by atoms with van der Waals surface area (Å²) >= 11 is 0. The van der Waals surface area contributed by atoms with E-state index in [1.165, 1.54) is 32.7 Å². The molecule has 0 unspecified atom stereocenters. The van der Waals surface area contributed by atoms with Crippen LogP contribution in [0.5, 0.6) is 0 Å². The van der Waals surface area contributed by atoms with Gasteiger partial charge in [-0.1, -0.05) is 0 Å². The Bertz CT molecular complexity index is 214. The lowest BCUT2D eigenvalue weighted by molar-refractivity contribution is 0.321. The van der Waals surface area contributed by atoms with Crippen LogP contribution in [0.4, 0.5) is 0 Å². The van der Waals surface area contributed by atoms with E-state index >= 15 is 0 Å². The van der Waals surface area contributed by atoms with Crippen LogP contribution in [-0.2, 0) is 0 Å². The van der Waals surface area contributed by atoms with Crippen molar-refractivity contribution < 1.29 is 0 Å². The molecule has 0 spiro atoms. The maximum atomic E-state index is 3.46. The average molecular weight is 178 g/mol. The standard InChI is InChI=1S/C11H18N2/c1-2-3-4-5-13-8-10-6-12-7-11(10)9-13/h10-12H,4-9H2,1H3/t10-,11+. The topological polar surface area (TPSA) is 15.3 Å². The van der Waals surface area contributed by atoms with Gasteiger partial charge in [0, 0.05) is 26.1 Å². The minimum absolute atomic E-state index is 0.926. The minimum atomic E-state index is 0.926. The van der Waals surface area contributed by atoms with Gasteiger partial charge in [-0.3, -0.25) is 0 Å². The molecule has 2 heterocycles. The molecule has 2 fully saturated rings. The lowest BCUT2D eigenvalue weighted by atomic mass is 10.0. The molecule has 0 bridgehead atoms. The summed E-state index contributed by atoms with van der Waals surface area (Å²) in [6, 6.07) is 0. The highest BCUT2D eigenvalue weighted by Gasteiger charge is 2.35. The van der Waals surface area contributed by atoms with E-state index in [2.05, 4.69) is 22.1 Å². The number of nitrogens with zero attached hydrogens (tertiary/aromatic N) is 1. The van der Waals surface area contributed by atoms with Crippen molar-refractivity contribution in [1.82, 2.24) is 10.2 Å². The summed E-state index contributed by atoms with van der Waals surface area (Å²) in [5.41, 5.74) is 0. The zero-order valence-corrected chi connectivity index (χ0v) is 8.34. The fraction of sp³-hybridized carbons (Fsp3) is 0.818. The fourth-order valence-corrected chi connectivity index (χ4v) is 2.47. The Morgan fingerprint density at radius 1 is 1.31 bits per heavy atom. The van der Waals surface area contributed by atoms with Gasteiger partial charge in [0.1, 0.15) is 0 Å². The van der Waals surface area contributed by atoms with Crippen molar-refractivity contribution in [3.8, 4) is 11.8 Å². The largest absolute Gasteiger partial charge is 0.316 e. The molecular formula is C11H18N2. The number of fused-ring (bicyclic) bond motifs is 1. The van der Waals surface area contributed by atoms with Gasteiger partial charge < -0.3 is 10.2 Å². The second kappa shape index (κ2) is 4.13. The van der Waals surface area contributed by atoms with E-state index in [1.807, 2.05) is 6.92 Å². The summed E-state index contributed by atoms with van der Waals surface area (Å²) in [7, 11) is 0. The summed E-state index contributed by atoms with van der Waals surface area (Å²) in [6.07, 6.45) is 1.05. The Hall–Kier alpha value is -0.520. The van der Waals surface area contributed by atoms with E-state index in [-0.39, 0.29) is 0 Å². The monoisotopic (exact) mass is 178 g/mol. The van der Waals surface area contributed by atoms with Crippen LogP contribution in [0.15, 0.2) is 0 Å². The summed E-state index contributed by atoms with van der Waals surface area (Å²) < 4.78 is 0. The zero-order chi connectivity index (χ0) is 9.10. The van der Waals surface area contributed by atoms with Gasteiger partial charge in [0.15, 0.2) is 0 Å². The van der Waals surface area contributed by atoms with E-state index in [0.29, 0.717) is 0 Å². The van der Waals surface area contributed by atoms with Crippen LogP contribution in [0.1, 0.15) is 13.3 Å². The third-order valence-electron chi connectivity index (χ3n) is 3.19. The Balaban J connectivity index is 1.74. The van der Waals surface area contributed by atoms with Gasteiger partial charge in [0.25, 0.3) is 0 Å². The van der Waals surface area contributed by atoms with Crippen LogP contribution in [0.25, 0.3) is 0 Å². The van der Waals surface area contributed by atoms with Crippen LogP contribution in [0, 0.1) is 23.7 Å². The predicted molar refractivity (Wildman–Crippen MR) is 54.4 cm³/mol. The molecule has 72 valence electrons. The van der Waals surface area contributed by atoms with E-state index in [0.717, 1.165) is 18.3 Å². The molecule has 13 heavy (non-hydrogen) atoms. The molecule has 2 rings (SSSR count). The van der Waals surface area contributed by atoms with Gasteiger partial charge in [-0.2, -0.15) is 0 Å². The smallest absolute Gasteiger partial charge is 0.0216 e. The highest BCUT2D eigenvalue weighted by molar-refractivity contribution is 4.97. The molecule has 2 heteroatoms. The molecule has 2 aliphatic rings. The van der Waals surface area contributed by atoms with Crippen LogP contribution >= 0.6 is 0 Å². The molecule has 1 N–H and O–H groups in total. The maximum absolute atomic E-state index is 3.46. The molecule has 2 aliphatic heterocycles. The lowest BCUT2D eigenvalue weighted by Crippen LogP contribution is -2.26. The Labute approximate surface area is 80.7 Å². The number of rotatable bonds is 2. The van der Waals surface area contributed by atoms with E-state index in [9.17, 15) is 0 Å². The second-order valence-corrected chi connectivity index (χ2v) is 4.11. The zero-order valence-electron chi connectivity index (χ0n) is 8.34. The Morgan fingerprint density at radius 3 is 2.62 bits per heavy atom. The van der Waals surface area contributed by atoms with Crippen molar-refractivity contribution in [2.75, 3.05) is 32.7 Å². The molecule has 0 saturated carbocycles. The first kappa shape index (κ1) is 9.05. The summed E-state index contributed by atoms with van der Waals surface area (Å²) in [5, 5.41) is 3.46. The first-order chi connectivity index (χ1) is 6.40. The van der Waals surface area contributed by atoms with E-state index in [4.69, 9.17) is 0 Å². The van der Waals surface area contributed by atoms with Crippen molar-refractivity contribution in [2.45, 2.75) is 13.3 Å². The van der Waals surface area contributed by atoms with Gasteiger partial charge in [0.05, 0.1) is 0 Å². The number of likely N-dealkylation sites (tertiary alicyclic amines) is 1. The molecule has 2 saturated heterocycles. The number of nitrogens with one attached hydrogen (secondary N) is 1. The van der Waals surface area contributed by atoms with Gasteiger partial charge in [0.2, 0.25) is 0 Å². The van der Waals surface area contributed by atoms with Gasteiger partial charge in [-0.05, 0) is 31.8 Å². The van der Waals surface area contributed by atoms with Crippen LogP contribution in [0.3, 0.4) is 0 Å². The highest BCUT2D eigenvalue weighted by Crippen LogP contribution is 2.25. The van der Waals surface area contributed by atoms with Crippen LogP contribution in [-0.4, -0.2) is 37.6 Å². The summed E-state index contributed by atoms with van der Waals surface area (Å²) in [5.74, 6) is 7.94. The van der Waals surface area contributed by atoms with Crippen molar-refractivity contribution in [2.24, 2.45) is 11.8 Å². The number of hydrogen-bond donors (Lipinski definition) is 1. The molecular weight excluding hydrogens is 160 g/mol. The van der Waals surface area contributed by atoms with Crippen molar-refractivity contribution in [3.63, 3.8) is 0 Å². The maximum Gasteiger partial charge on any atom is 0.0216 e. The lowest BCUT2D eigenvalue weighted by Gasteiger charge is -2.14. The first-order valence-electron chi connectivity index (χ1n) is 5.23. The molecule has 0 aliphatic carbocycles. The fourth-order valence-electron chi connectivity index (χ4n) is 2.47. The van der Waals surface area contributed by atoms with Crippen molar-refractivity contribution >= 4 is 0 Å². The molecule has 0 aromatic heterocycles. The predicted octanol–water partition coefficient (Wildman–Crippen LogP) is 0.551. The van der Waals surface area contributed by atoms with Gasteiger partial charge in [-0.15, -0.1) is 11.8 Å². The summed E-state index contributed by atoms with van der Waals surface area (Å²) in [6.45, 7) is 8.16. The quantitative estimate of drug-likeness (QED) is 0.621. The van der Waals surface area contributed by atoms with Gasteiger partial charge >= 0.3 is 0 Å². The Kier molecular flexibility index (Phi) is 2.87. The van der Waals surface area contributed by atoms with Crippen molar-refractivity contribution in [1.29, 1.82) is 0 Å². The van der Waals surface area contributed by atoms with Gasteiger partial charge in [-0.25, -0.2) is 0 Å². The Morgan fingerprint density at radius 2 is 2.00 bits per heavy atom. The molecule has 0 aromatic rings. The van der Waals surface area contributed by atoms with Crippen LogP contribution in [0.2, 0.25) is 0 Å². The summed E-state index contributed by atoms with van der Waals surface area (Å²) in [4.78, 5) is 2.57. The third-order valence-corrected chi connectivity index (χ3v) is 3.19. The molecule has 2 atom stereocenters. The first-order valence-corrected chi connectivity index (χ1v) is 5.23. The van der Waals surface area contributed by atoms with E-state index < -0.39 is 0 Å². The molecule has 0 aromatic carbocycles. The highest BCUT2D eigenvalue weighted by atomic mass is 15.2.